The van der Waals surface area contributed by atoms with E-state index in [1.165, 1.54) is 4.57 Å². The second-order valence-electron chi connectivity index (χ2n) is 8.15. The van der Waals surface area contributed by atoms with Gasteiger partial charge >= 0.3 is 6.03 Å². The lowest BCUT2D eigenvalue weighted by molar-refractivity contribution is -0.117. The molecule has 0 aliphatic carbocycles. The van der Waals surface area contributed by atoms with Gasteiger partial charge in [-0.3, -0.25) is 19.3 Å². The van der Waals surface area contributed by atoms with Crippen LogP contribution in [-0.4, -0.2) is 42.4 Å². The molecule has 4 rings (SSSR count). The average Bonchev–Trinajstić information content (AvgIpc) is 3.15. The zero-order valence-corrected chi connectivity index (χ0v) is 18.6. The Kier molecular flexibility index (Phi) is 5.70. The molecule has 2 aromatic carbocycles. The van der Waals surface area contributed by atoms with E-state index in [0.717, 1.165) is 11.8 Å². The van der Waals surface area contributed by atoms with Crippen molar-refractivity contribution in [3.63, 3.8) is 0 Å². The van der Waals surface area contributed by atoms with Crippen LogP contribution >= 0.6 is 11.8 Å². The van der Waals surface area contributed by atoms with E-state index in [1.54, 1.807) is 16.5 Å². The van der Waals surface area contributed by atoms with Gasteiger partial charge in [0.05, 0.1) is 22.3 Å². The molecule has 3 amide bonds. The minimum atomic E-state index is -0.558. The molecule has 0 atom stereocenters. The number of rotatable bonds is 4. The van der Waals surface area contributed by atoms with E-state index >= 15 is 0 Å². The summed E-state index contributed by atoms with van der Waals surface area (Å²) in [6.07, 6.45) is 0. The highest BCUT2D eigenvalue weighted by Crippen LogP contribution is 2.23. The average molecular weight is 451 g/mol. The Bertz CT molecular complexity index is 1370. The van der Waals surface area contributed by atoms with Gasteiger partial charge in [0.15, 0.2) is 5.16 Å². The smallest absolute Gasteiger partial charge is 0.321 e. The first-order chi connectivity index (χ1) is 15.2. The van der Waals surface area contributed by atoms with Crippen LogP contribution < -0.4 is 16.2 Å². The van der Waals surface area contributed by atoms with Gasteiger partial charge in [-0.05, 0) is 45.0 Å². The summed E-state index contributed by atoms with van der Waals surface area (Å²) in [6, 6.07) is 15.8. The molecule has 0 fully saturated rings. The maximum Gasteiger partial charge on any atom is 0.321 e. The Hall–Kier alpha value is -3.66. The number of hydrogen-bond donors (Lipinski definition) is 2. The zero-order valence-electron chi connectivity index (χ0n) is 17.8. The van der Waals surface area contributed by atoms with Crippen molar-refractivity contribution in [2.24, 2.45) is 0 Å². The van der Waals surface area contributed by atoms with Gasteiger partial charge < -0.3 is 5.32 Å². The van der Waals surface area contributed by atoms with E-state index in [4.69, 9.17) is 0 Å². The third-order valence-electron chi connectivity index (χ3n) is 4.48. The molecular formula is C22H22N6O3S. The third-order valence-corrected chi connectivity index (χ3v) is 5.41. The van der Waals surface area contributed by atoms with Crippen LogP contribution in [0.5, 0.6) is 0 Å². The standard InChI is InChI=1S/C22H22N6O3S/c1-22(2,3)24-19(31)23-17(29)13-32-21-26-25-20-27(14-9-5-4-6-10-14)18(30)15-11-7-8-12-16(15)28(20)21/h4-12H,13H2,1-3H3,(H2,23,24,29,31). The molecule has 0 unspecified atom stereocenters. The van der Waals surface area contributed by atoms with Gasteiger partial charge in [0.25, 0.3) is 5.56 Å². The molecule has 0 saturated carbocycles. The number of benzene rings is 2. The number of carbonyl (C=O) groups is 2. The minimum absolute atomic E-state index is 0.0445. The molecule has 9 nitrogen and oxygen atoms in total. The van der Waals surface area contributed by atoms with E-state index < -0.39 is 17.5 Å². The van der Waals surface area contributed by atoms with E-state index in [0.29, 0.717) is 27.5 Å². The highest BCUT2D eigenvalue weighted by molar-refractivity contribution is 7.99. The summed E-state index contributed by atoms with van der Waals surface area (Å²) in [4.78, 5) is 37.4. The molecule has 0 bridgehead atoms. The number of nitrogens with one attached hydrogen (secondary N) is 2. The molecule has 2 heterocycles. The van der Waals surface area contributed by atoms with Crippen LogP contribution in [0.3, 0.4) is 0 Å². The number of amides is 3. The number of thioether (sulfide) groups is 1. The second-order valence-corrected chi connectivity index (χ2v) is 9.09. The maximum absolute atomic E-state index is 13.2. The second kappa shape index (κ2) is 8.46. The highest BCUT2D eigenvalue weighted by atomic mass is 32.2. The van der Waals surface area contributed by atoms with Crippen LogP contribution in [0.4, 0.5) is 4.79 Å². The Balaban J connectivity index is 1.70. The number of carbonyl (C=O) groups excluding carboxylic acids is 2. The molecule has 32 heavy (non-hydrogen) atoms. The number of hydrogen-bond acceptors (Lipinski definition) is 6. The zero-order chi connectivity index (χ0) is 22.9. The molecular weight excluding hydrogens is 428 g/mol. The summed E-state index contributed by atoms with van der Waals surface area (Å²) in [7, 11) is 0. The molecule has 164 valence electrons. The van der Waals surface area contributed by atoms with Gasteiger partial charge in [0, 0.05) is 5.54 Å². The van der Waals surface area contributed by atoms with Crippen LogP contribution in [0.1, 0.15) is 20.8 Å². The number of aromatic nitrogens is 4. The number of para-hydroxylation sites is 2. The normalized spacial score (nSPS) is 11.6. The summed E-state index contributed by atoms with van der Waals surface area (Å²) in [5.74, 6) is -0.167. The van der Waals surface area contributed by atoms with Gasteiger partial charge in [-0.2, -0.15) is 0 Å². The van der Waals surface area contributed by atoms with Gasteiger partial charge in [-0.15, -0.1) is 10.2 Å². The van der Waals surface area contributed by atoms with Crippen molar-refractivity contribution in [3.05, 3.63) is 65.0 Å². The quantitative estimate of drug-likeness (QED) is 0.463. The van der Waals surface area contributed by atoms with Gasteiger partial charge in [-0.25, -0.2) is 9.36 Å². The Morgan fingerprint density at radius 2 is 1.69 bits per heavy atom. The van der Waals surface area contributed by atoms with Crippen molar-refractivity contribution in [1.82, 2.24) is 29.8 Å². The predicted octanol–water partition coefficient (Wildman–Crippen LogP) is 2.75. The maximum atomic E-state index is 13.2. The van der Waals surface area contributed by atoms with Gasteiger partial charge in [-0.1, -0.05) is 42.1 Å². The van der Waals surface area contributed by atoms with Crippen LogP contribution in [-0.2, 0) is 4.79 Å². The summed E-state index contributed by atoms with van der Waals surface area (Å²) >= 11 is 1.13. The lowest BCUT2D eigenvalue weighted by Gasteiger charge is -2.20. The first-order valence-corrected chi connectivity index (χ1v) is 10.9. The Morgan fingerprint density at radius 1 is 1.00 bits per heavy atom. The number of nitrogens with zero attached hydrogens (tertiary/aromatic N) is 4. The molecule has 2 aromatic heterocycles. The number of imide groups is 1. The SMILES string of the molecule is CC(C)(C)NC(=O)NC(=O)CSc1nnc2n(-c3ccccc3)c(=O)c3ccccc3n12. The Morgan fingerprint density at radius 3 is 2.41 bits per heavy atom. The first-order valence-electron chi connectivity index (χ1n) is 9.94. The van der Waals surface area contributed by atoms with Crippen LogP contribution in [0.2, 0.25) is 0 Å². The van der Waals surface area contributed by atoms with Crippen molar-refractivity contribution >= 4 is 40.4 Å². The topological polar surface area (TPSA) is 110 Å². The molecule has 0 aliphatic rings. The lowest BCUT2D eigenvalue weighted by atomic mass is 10.1. The lowest BCUT2D eigenvalue weighted by Crippen LogP contribution is -2.48. The van der Waals surface area contributed by atoms with Crippen LogP contribution in [0.15, 0.2) is 64.5 Å². The van der Waals surface area contributed by atoms with Crippen molar-refractivity contribution in [1.29, 1.82) is 0 Å². The molecule has 0 saturated heterocycles. The van der Waals surface area contributed by atoms with Gasteiger partial charge in [0.2, 0.25) is 11.7 Å². The van der Waals surface area contributed by atoms with Gasteiger partial charge in [0.1, 0.15) is 0 Å². The van der Waals surface area contributed by atoms with Crippen molar-refractivity contribution in [2.45, 2.75) is 31.5 Å². The fourth-order valence-corrected chi connectivity index (χ4v) is 3.99. The molecule has 0 radical (unpaired) electrons. The first kappa shape index (κ1) is 21.6. The monoisotopic (exact) mass is 450 g/mol. The van der Waals surface area contributed by atoms with E-state index in [1.807, 2.05) is 63.2 Å². The van der Waals surface area contributed by atoms with E-state index in [2.05, 4.69) is 20.8 Å². The summed E-state index contributed by atoms with van der Waals surface area (Å²) in [5.41, 5.74) is 0.632. The van der Waals surface area contributed by atoms with E-state index in [-0.39, 0.29) is 11.3 Å². The molecule has 0 aliphatic heterocycles. The summed E-state index contributed by atoms with van der Waals surface area (Å²) in [6.45, 7) is 5.47. The predicted molar refractivity (Wildman–Crippen MR) is 123 cm³/mol. The summed E-state index contributed by atoms with van der Waals surface area (Å²) < 4.78 is 3.24. The van der Waals surface area contributed by atoms with Crippen molar-refractivity contribution < 1.29 is 9.59 Å². The number of fused-ring (bicyclic) bond motifs is 3. The molecule has 0 spiro atoms. The van der Waals surface area contributed by atoms with Crippen molar-refractivity contribution in [3.8, 4) is 5.69 Å². The minimum Gasteiger partial charge on any atom is -0.333 e. The fourth-order valence-electron chi connectivity index (χ4n) is 3.25. The van der Waals surface area contributed by atoms with Crippen LogP contribution in [0.25, 0.3) is 22.4 Å². The summed E-state index contributed by atoms with van der Waals surface area (Å²) in [5, 5.41) is 14.4. The van der Waals surface area contributed by atoms with Crippen LogP contribution in [0, 0.1) is 0 Å². The highest BCUT2D eigenvalue weighted by Gasteiger charge is 2.20. The van der Waals surface area contributed by atoms with E-state index in [9.17, 15) is 14.4 Å². The van der Waals surface area contributed by atoms with Crippen molar-refractivity contribution in [2.75, 3.05) is 5.75 Å². The molecule has 4 aromatic rings. The third kappa shape index (κ3) is 4.35. The molecule has 2 N–H and O–H groups in total. The number of urea groups is 1. The largest absolute Gasteiger partial charge is 0.333 e. The fraction of sp³-hybridized carbons (Fsp3) is 0.227. The molecule has 10 heteroatoms. The Labute approximate surface area is 187 Å².